The smallest absolute Gasteiger partial charge is 0.224 e. The third-order valence-corrected chi connectivity index (χ3v) is 4.95. The molecule has 0 spiro atoms. The molecule has 2 rings (SSSR count). The van der Waals surface area contributed by atoms with Gasteiger partial charge in [0, 0.05) is 23.9 Å². The van der Waals surface area contributed by atoms with E-state index in [1.54, 1.807) is 6.92 Å². The first-order chi connectivity index (χ1) is 12.8. The van der Waals surface area contributed by atoms with Crippen molar-refractivity contribution < 1.29 is 9.18 Å². The van der Waals surface area contributed by atoms with Gasteiger partial charge in [0.2, 0.25) is 5.91 Å². The van der Waals surface area contributed by atoms with Crippen LogP contribution in [0.15, 0.2) is 48.5 Å². The van der Waals surface area contributed by atoms with Crippen molar-refractivity contribution in [2.75, 3.05) is 11.9 Å². The van der Waals surface area contributed by atoms with Crippen molar-refractivity contribution in [2.24, 2.45) is 0 Å². The second-order valence-corrected chi connectivity index (χ2v) is 8.61. The number of nitrogens with one attached hydrogen (secondary N) is 2. The lowest BCUT2D eigenvalue weighted by Crippen LogP contribution is -2.29. The molecular weight excluding hydrogens is 359 g/mol. The fraction of sp³-hybridized carbons (Fsp3) is 0.409. The third-order valence-electron chi connectivity index (χ3n) is 4.17. The number of alkyl halides is 1. The van der Waals surface area contributed by atoms with Crippen LogP contribution in [0.1, 0.15) is 46.1 Å². The Morgan fingerprint density at radius 1 is 1.15 bits per heavy atom. The van der Waals surface area contributed by atoms with Gasteiger partial charge in [-0.15, -0.1) is 0 Å². The minimum atomic E-state index is -1.43. The molecule has 0 saturated heterocycles. The molecule has 0 aromatic heterocycles. The summed E-state index contributed by atoms with van der Waals surface area (Å²) in [6, 6.07) is 15.2. The van der Waals surface area contributed by atoms with Gasteiger partial charge in [0.1, 0.15) is 5.67 Å². The van der Waals surface area contributed by atoms with E-state index in [2.05, 4.69) is 23.9 Å². The Balaban J connectivity index is 2.09. The molecule has 0 radical (unpaired) electrons. The molecule has 5 heteroatoms. The predicted molar refractivity (Wildman–Crippen MR) is 115 cm³/mol. The van der Waals surface area contributed by atoms with Crippen LogP contribution in [0.25, 0.3) is 11.1 Å². The SMILES string of the molecule is CCCC(=O)Nc1cccc(-c2ccc(C(C)(F)CNSC(C)C)cc2)c1. The summed E-state index contributed by atoms with van der Waals surface area (Å²) in [6.45, 7) is 7.98. The molecule has 2 aromatic rings. The molecule has 0 fully saturated rings. The van der Waals surface area contributed by atoms with Crippen molar-refractivity contribution in [1.29, 1.82) is 0 Å². The molecule has 1 atom stereocenters. The van der Waals surface area contributed by atoms with Gasteiger partial charge in [-0.1, -0.05) is 69.1 Å². The third kappa shape index (κ3) is 6.67. The van der Waals surface area contributed by atoms with Crippen molar-refractivity contribution in [1.82, 2.24) is 4.72 Å². The number of rotatable bonds is 9. The van der Waals surface area contributed by atoms with E-state index in [-0.39, 0.29) is 12.5 Å². The van der Waals surface area contributed by atoms with Gasteiger partial charge in [0.05, 0.1) is 0 Å². The summed E-state index contributed by atoms with van der Waals surface area (Å²) in [5.74, 6) is 0.0185. The van der Waals surface area contributed by atoms with Crippen LogP contribution in [0, 0.1) is 0 Å². The first-order valence-corrected chi connectivity index (χ1v) is 10.3. The summed E-state index contributed by atoms with van der Waals surface area (Å²) in [4.78, 5) is 11.8. The average Bonchev–Trinajstić information content (AvgIpc) is 2.62. The molecule has 27 heavy (non-hydrogen) atoms. The van der Waals surface area contributed by atoms with E-state index < -0.39 is 5.67 Å². The molecule has 0 aliphatic rings. The summed E-state index contributed by atoms with van der Waals surface area (Å²) in [7, 11) is 0. The van der Waals surface area contributed by atoms with Crippen molar-refractivity contribution in [3.8, 4) is 11.1 Å². The number of amides is 1. The number of hydrogen-bond acceptors (Lipinski definition) is 3. The van der Waals surface area contributed by atoms with Crippen LogP contribution in [-0.4, -0.2) is 17.7 Å². The summed E-state index contributed by atoms with van der Waals surface area (Å²) in [5, 5.41) is 3.32. The quantitative estimate of drug-likeness (QED) is 0.524. The molecule has 1 unspecified atom stereocenters. The molecule has 1 amide bonds. The summed E-state index contributed by atoms with van der Waals surface area (Å²) >= 11 is 1.54. The second-order valence-electron chi connectivity index (χ2n) is 7.14. The van der Waals surface area contributed by atoms with E-state index in [4.69, 9.17) is 0 Å². The van der Waals surface area contributed by atoms with Crippen molar-refractivity contribution in [3.63, 3.8) is 0 Å². The number of anilines is 1. The van der Waals surface area contributed by atoms with Gasteiger partial charge in [-0.3, -0.25) is 9.52 Å². The molecule has 0 aliphatic carbocycles. The summed E-state index contributed by atoms with van der Waals surface area (Å²) in [5.41, 5.74) is 1.97. The second kappa shape index (κ2) is 9.90. The Morgan fingerprint density at radius 2 is 1.85 bits per heavy atom. The van der Waals surface area contributed by atoms with Crippen LogP contribution in [0.4, 0.5) is 10.1 Å². The van der Waals surface area contributed by atoms with E-state index in [1.807, 2.05) is 55.5 Å². The number of hydrogen-bond donors (Lipinski definition) is 2. The van der Waals surface area contributed by atoms with Gasteiger partial charge in [-0.05, 0) is 42.2 Å². The van der Waals surface area contributed by atoms with Crippen molar-refractivity contribution in [3.05, 3.63) is 54.1 Å². The van der Waals surface area contributed by atoms with E-state index in [9.17, 15) is 9.18 Å². The van der Waals surface area contributed by atoms with Crippen LogP contribution in [0.2, 0.25) is 0 Å². The van der Waals surface area contributed by atoms with Gasteiger partial charge in [0.15, 0.2) is 0 Å². The monoisotopic (exact) mass is 388 g/mol. The zero-order valence-electron chi connectivity index (χ0n) is 16.5. The standard InChI is InChI=1S/C22H29FN2OS/c1-5-7-21(26)25-20-9-6-8-18(14-20)17-10-12-19(13-11-17)22(4,23)15-24-27-16(2)3/h6,8-14,16,24H,5,7,15H2,1-4H3,(H,25,26). The summed E-state index contributed by atoms with van der Waals surface area (Å²) in [6.07, 6.45) is 1.33. The minimum Gasteiger partial charge on any atom is -0.326 e. The van der Waals surface area contributed by atoms with Gasteiger partial charge >= 0.3 is 0 Å². The van der Waals surface area contributed by atoms with Crippen LogP contribution in [0.3, 0.4) is 0 Å². The van der Waals surface area contributed by atoms with Gasteiger partial charge < -0.3 is 5.32 Å². The molecule has 2 aromatic carbocycles. The maximum absolute atomic E-state index is 15.0. The van der Waals surface area contributed by atoms with E-state index in [1.165, 1.54) is 11.9 Å². The fourth-order valence-corrected chi connectivity index (χ4v) is 3.37. The maximum Gasteiger partial charge on any atom is 0.224 e. The Morgan fingerprint density at radius 3 is 2.48 bits per heavy atom. The van der Waals surface area contributed by atoms with Crippen LogP contribution < -0.4 is 10.0 Å². The molecule has 3 nitrogen and oxygen atoms in total. The maximum atomic E-state index is 15.0. The van der Waals surface area contributed by atoms with Crippen LogP contribution in [-0.2, 0) is 10.5 Å². The molecular formula is C22H29FN2OS. The number of carbonyl (C=O) groups is 1. The first kappa shape index (κ1) is 21.5. The number of benzene rings is 2. The van der Waals surface area contributed by atoms with Gasteiger partial charge in [0.25, 0.3) is 0 Å². The normalized spacial score (nSPS) is 13.4. The highest BCUT2D eigenvalue weighted by molar-refractivity contribution is 7.97. The molecule has 0 aliphatic heterocycles. The minimum absolute atomic E-state index is 0.0185. The van der Waals surface area contributed by atoms with Crippen LogP contribution >= 0.6 is 11.9 Å². The lowest BCUT2D eigenvalue weighted by atomic mass is 9.95. The first-order valence-electron chi connectivity index (χ1n) is 9.40. The Hall–Kier alpha value is -1.85. The van der Waals surface area contributed by atoms with E-state index >= 15 is 0 Å². The Bertz CT molecular complexity index is 744. The average molecular weight is 389 g/mol. The highest BCUT2D eigenvalue weighted by Crippen LogP contribution is 2.29. The van der Waals surface area contributed by atoms with Crippen molar-refractivity contribution >= 4 is 23.5 Å². The fourth-order valence-electron chi connectivity index (χ4n) is 2.68. The van der Waals surface area contributed by atoms with Gasteiger partial charge in [-0.2, -0.15) is 0 Å². The Kier molecular flexibility index (Phi) is 7.87. The van der Waals surface area contributed by atoms with Gasteiger partial charge in [-0.25, -0.2) is 4.39 Å². The summed E-state index contributed by atoms with van der Waals surface area (Å²) < 4.78 is 18.1. The van der Waals surface area contributed by atoms with Crippen LogP contribution in [0.5, 0.6) is 0 Å². The zero-order valence-corrected chi connectivity index (χ0v) is 17.3. The highest BCUT2D eigenvalue weighted by Gasteiger charge is 2.25. The predicted octanol–water partition coefficient (Wildman–Crippen LogP) is 5.92. The van der Waals surface area contributed by atoms with E-state index in [0.717, 1.165) is 23.2 Å². The number of halogens is 1. The molecule has 0 bridgehead atoms. The van der Waals surface area contributed by atoms with E-state index in [0.29, 0.717) is 17.2 Å². The Labute approximate surface area is 166 Å². The lowest BCUT2D eigenvalue weighted by molar-refractivity contribution is -0.116. The largest absolute Gasteiger partial charge is 0.326 e. The zero-order chi connectivity index (χ0) is 19.9. The lowest BCUT2D eigenvalue weighted by Gasteiger charge is -2.22. The molecule has 146 valence electrons. The molecule has 0 heterocycles. The topological polar surface area (TPSA) is 41.1 Å². The molecule has 2 N–H and O–H groups in total. The number of carbonyl (C=O) groups excluding carboxylic acids is 1. The molecule has 0 saturated carbocycles. The van der Waals surface area contributed by atoms with Crippen molar-refractivity contribution in [2.45, 2.75) is 51.5 Å². The highest BCUT2D eigenvalue weighted by atomic mass is 32.2.